The first-order valence-electron chi connectivity index (χ1n) is 13.2. The quantitative estimate of drug-likeness (QED) is 0.291. The largest absolute Gasteiger partial charge is 0.487 e. The average Bonchev–Trinajstić information content (AvgIpc) is 3.49. The van der Waals surface area contributed by atoms with Gasteiger partial charge in [-0.25, -0.2) is 9.78 Å². The number of benzene rings is 2. The number of hydrogen-bond donors (Lipinski definition) is 2. The lowest BCUT2D eigenvalue weighted by molar-refractivity contribution is -0.0591. The summed E-state index contributed by atoms with van der Waals surface area (Å²) < 4.78 is 13.8. The number of aromatic carboxylic acids is 1. The summed E-state index contributed by atoms with van der Waals surface area (Å²) in [4.78, 5) is 23.1. The van der Waals surface area contributed by atoms with E-state index in [1.807, 2.05) is 30.3 Å². The Hall–Kier alpha value is -3.66. The van der Waals surface area contributed by atoms with Crippen LogP contribution in [0.3, 0.4) is 0 Å². The fourth-order valence-corrected chi connectivity index (χ4v) is 5.23. The van der Waals surface area contributed by atoms with Crippen molar-refractivity contribution in [2.24, 2.45) is 0 Å². The van der Waals surface area contributed by atoms with E-state index in [2.05, 4.69) is 19.8 Å². The standard InChI is InChI=1S/C29H30ClN5O4/c30-20-5-6-23(31-14-20)18-39-24-3-1-2-21(13-24)32-22-8-10-34(15-22)17-28-33-26-7-4-19(29(36)37)12-27(26)35(28)16-25-9-11-38-25/h1-7,12-14,22,25,32H,8-11,15-18H2,(H,36,37). The smallest absolute Gasteiger partial charge is 0.335 e. The Balaban J connectivity index is 1.10. The number of anilines is 1. The van der Waals surface area contributed by atoms with Gasteiger partial charge in [0, 0.05) is 43.7 Å². The number of carboxylic acid groups (broad SMARTS) is 1. The minimum atomic E-state index is -0.935. The number of ether oxygens (including phenoxy) is 2. The summed E-state index contributed by atoms with van der Waals surface area (Å²) in [6.07, 6.45) is 3.78. The molecule has 10 heteroatoms. The molecule has 2 N–H and O–H groups in total. The van der Waals surface area contributed by atoms with Gasteiger partial charge < -0.3 is 24.5 Å². The van der Waals surface area contributed by atoms with Crippen LogP contribution in [0.2, 0.25) is 5.02 Å². The minimum Gasteiger partial charge on any atom is -0.487 e. The number of pyridine rings is 1. The van der Waals surface area contributed by atoms with E-state index in [-0.39, 0.29) is 11.7 Å². The Morgan fingerprint density at radius 3 is 2.85 bits per heavy atom. The van der Waals surface area contributed by atoms with Crippen molar-refractivity contribution in [1.29, 1.82) is 0 Å². The Labute approximate surface area is 231 Å². The monoisotopic (exact) mass is 547 g/mol. The maximum atomic E-state index is 11.6. The van der Waals surface area contributed by atoms with Crippen LogP contribution in [0.1, 0.15) is 34.7 Å². The Kier molecular flexibility index (Phi) is 7.36. The van der Waals surface area contributed by atoms with Crippen molar-refractivity contribution < 1.29 is 19.4 Å². The Bertz CT molecular complexity index is 1470. The van der Waals surface area contributed by atoms with Crippen molar-refractivity contribution in [2.45, 2.75) is 44.7 Å². The molecule has 4 aromatic rings. The van der Waals surface area contributed by atoms with Crippen LogP contribution < -0.4 is 10.1 Å². The highest BCUT2D eigenvalue weighted by atomic mass is 35.5. The van der Waals surface area contributed by atoms with Crippen LogP contribution in [0.5, 0.6) is 5.75 Å². The van der Waals surface area contributed by atoms with E-state index in [9.17, 15) is 9.90 Å². The van der Waals surface area contributed by atoms with E-state index >= 15 is 0 Å². The molecule has 2 fully saturated rings. The number of carbonyl (C=O) groups is 1. The molecule has 2 unspecified atom stereocenters. The van der Waals surface area contributed by atoms with Crippen LogP contribution >= 0.6 is 11.6 Å². The number of aromatic nitrogens is 3. The maximum Gasteiger partial charge on any atom is 0.335 e. The SMILES string of the molecule is O=C(O)c1ccc2nc(CN3CCC(Nc4cccc(OCc5ccc(Cl)cn5)c4)C3)n(CC3CCO3)c2c1. The zero-order valence-corrected chi connectivity index (χ0v) is 22.2. The number of nitrogens with zero attached hydrogens (tertiary/aromatic N) is 4. The molecule has 0 spiro atoms. The molecule has 0 radical (unpaired) electrons. The van der Waals surface area contributed by atoms with Crippen molar-refractivity contribution in [3.05, 3.63) is 82.9 Å². The fraction of sp³-hybridized carbons (Fsp3) is 0.345. The molecule has 0 saturated carbocycles. The Morgan fingerprint density at radius 1 is 1.18 bits per heavy atom. The van der Waals surface area contributed by atoms with Crippen LogP contribution in [0, 0.1) is 0 Å². The second-order valence-electron chi connectivity index (χ2n) is 10.1. The number of nitrogens with one attached hydrogen (secondary N) is 1. The van der Waals surface area contributed by atoms with E-state index < -0.39 is 5.97 Å². The molecule has 9 nitrogen and oxygen atoms in total. The predicted octanol–water partition coefficient (Wildman–Crippen LogP) is 4.84. The second kappa shape index (κ2) is 11.2. The first-order chi connectivity index (χ1) is 19.0. The number of fused-ring (bicyclic) bond motifs is 1. The van der Waals surface area contributed by atoms with Gasteiger partial charge in [0.25, 0.3) is 0 Å². The fourth-order valence-electron chi connectivity index (χ4n) is 5.12. The van der Waals surface area contributed by atoms with E-state index in [1.165, 1.54) is 0 Å². The van der Waals surface area contributed by atoms with Gasteiger partial charge >= 0.3 is 5.97 Å². The lowest BCUT2D eigenvalue weighted by Crippen LogP contribution is -2.33. The molecule has 0 amide bonds. The normalized spacial score (nSPS) is 19.2. The number of rotatable bonds is 10. The van der Waals surface area contributed by atoms with Crippen molar-refractivity contribution in [1.82, 2.24) is 19.4 Å². The van der Waals surface area contributed by atoms with Gasteiger partial charge in [0.2, 0.25) is 0 Å². The van der Waals surface area contributed by atoms with E-state index in [0.29, 0.717) is 30.8 Å². The van der Waals surface area contributed by atoms with E-state index in [1.54, 1.807) is 30.5 Å². The summed E-state index contributed by atoms with van der Waals surface area (Å²) >= 11 is 5.91. The van der Waals surface area contributed by atoms with Gasteiger partial charge in [-0.1, -0.05) is 17.7 Å². The lowest BCUT2D eigenvalue weighted by Gasteiger charge is -2.28. The average molecular weight is 548 g/mol. The zero-order valence-electron chi connectivity index (χ0n) is 21.4. The van der Waals surface area contributed by atoms with Gasteiger partial charge in [-0.05, 0) is 55.3 Å². The lowest BCUT2D eigenvalue weighted by atomic mass is 10.1. The van der Waals surface area contributed by atoms with E-state index in [4.69, 9.17) is 26.1 Å². The van der Waals surface area contributed by atoms with Crippen LogP contribution in [0.4, 0.5) is 5.69 Å². The third kappa shape index (κ3) is 6.00. The predicted molar refractivity (Wildman–Crippen MR) is 148 cm³/mol. The minimum absolute atomic E-state index is 0.146. The number of carboxylic acids is 1. The van der Waals surface area contributed by atoms with Gasteiger partial charge in [0.1, 0.15) is 18.2 Å². The highest BCUT2D eigenvalue weighted by Gasteiger charge is 2.27. The molecule has 2 aliphatic rings. The summed E-state index contributed by atoms with van der Waals surface area (Å²) in [6.45, 7) is 4.35. The molecule has 2 atom stereocenters. The summed E-state index contributed by atoms with van der Waals surface area (Å²) in [7, 11) is 0. The number of imidazole rings is 1. The summed E-state index contributed by atoms with van der Waals surface area (Å²) in [5.41, 5.74) is 3.76. The molecule has 2 aromatic carbocycles. The van der Waals surface area contributed by atoms with Crippen molar-refractivity contribution in [3.63, 3.8) is 0 Å². The molecule has 0 bridgehead atoms. The molecular formula is C29H30ClN5O4. The molecular weight excluding hydrogens is 518 g/mol. The van der Waals surface area contributed by atoms with Gasteiger partial charge in [-0.15, -0.1) is 0 Å². The van der Waals surface area contributed by atoms with Gasteiger partial charge in [0.15, 0.2) is 0 Å². The van der Waals surface area contributed by atoms with Crippen molar-refractivity contribution in [2.75, 3.05) is 25.0 Å². The van der Waals surface area contributed by atoms with Crippen LogP contribution in [0.25, 0.3) is 11.0 Å². The molecule has 202 valence electrons. The molecule has 39 heavy (non-hydrogen) atoms. The molecule has 2 aromatic heterocycles. The van der Waals surface area contributed by atoms with Gasteiger partial charge in [0.05, 0.1) is 46.5 Å². The number of halogens is 1. The van der Waals surface area contributed by atoms with Crippen LogP contribution in [0.15, 0.2) is 60.8 Å². The molecule has 4 heterocycles. The maximum absolute atomic E-state index is 11.6. The van der Waals surface area contributed by atoms with Gasteiger partial charge in [-0.2, -0.15) is 0 Å². The second-order valence-corrected chi connectivity index (χ2v) is 10.5. The first-order valence-corrected chi connectivity index (χ1v) is 13.5. The highest BCUT2D eigenvalue weighted by Crippen LogP contribution is 2.26. The summed E-state index contributed by atoms with van der Waals surface area (Å²) in [5.74, 6) is 0.782. The zero-order chi connectivity index (χ0) is 26.8. The van der Waals surface area contributed by atoms with Crippen molar-refractivity contribution >= 4 is 34.3 Å². The number of likely N-dealkylation sites (tertiary alicyclic amines) is 1. The molecule has 2 saturated heterocycles. The summed E-state index contributed by atoms with van der Waals surface area (Å²) in [5, 5.41) is 13.7. The first kappa shape index (κ1) is 25.6. The number of hydrogen-bond acceptors (Lipinski definition) is 7. The highest BCUT2D eigenvalue weighted by molar-refractivity contribution is 6.30. The third-order valence-electron chi connectivity index (χ3n) is 7.27. The van der Waals surface area contributed by atoms with Crippen molar-refractivity contribution in [3.8, 4) is 5.75 Å². The summed E-state index contributed by atoms with van der Waals surface area (Å²) in [6, 6.07) is 17.1. The Morgan fingerprint density at radius 2 is 2.08 bits per heavy atom. The van der Waals surface area contributed by atoms with Crippen LogP contribution in [-0.2, 0) is 24.4 Å². The van der Waals surface area contributed by atoms with E-state index in [0.717, 1.165) is 66.5 Å². The third-order valence-corrected chi connectivity index (χ3v) is 7.49. The van der Waals surface area contributed by atoms with Gasteiger partial charge in [-0.3, -0.25) is 9.88 Å². The van der Waals surface area contributed by atoms with Crippen LogP contribution in [-0.4, -0.2) is 62.4 Å². The topological polar surface area (TPSA) is 102 Å². The molecule has 2 aliphatic heterocycles. The molecule has 0 aliphatic carbocycles. The molecule has 6 rings (SSSR count).